The summed E-state index contributed by atoms with van der Waals surface area (Å²) in [5.74, 6) is 1.04. The van der Waals surface area contributed by atoms with Gasteiger partial charge < -0.3 is 10.1 Å². The zero-order chi connectivity index (χ0) is 13.9. The van der Waals surface area contributed by atoms with Gasteiger partial charge in [-0.1, -0.05) is 19.1 Å². The Kier molecular flexibility index (Phi) is 3.74. The van der Waals surface area contributed by atoms with Gasteiger partial charge in [-0.25, -0.2) is 0 Å². The van der Waals surface area contributed by atoms with Crippen LogP contribution in [0, 0.1) is 0 Å². The fraction of sp³-hybridized carbons (Fsp3) is 0.438. The van der Waals surface area contributed by atoms with Crippen LogP contribution in [0.25, 0.3) is 0 Å². The predicted octanol–water partition coefficient (Wildman–Crippen LogP) is 2.54. The average Bonchev–Trinajstić information content (AvgIpc) is 3.12. The van der Waals surface area contributed by atoms with E-state index < -0.39 is 0 Å². The van der Waals surface area contributed by atoms with Crippen molar-refractivity contribution in [3.8, 4) is 5.75 Å². The van der Waals surface area contributed by atoms with Crippen LogP contribution in [0.2, 0.25) is 0 Å². The first-order valence-corrected chi connectivity index (χ1v) is 7.33. The van der Waals surface area contributed by atoms with Crippen LogP contribution >= 0.6 is 0 Å². The molecule has 0 fully saturated rings. The molecule has 1 aliphatic heterocycles. The number of nitrogens with zero attached hydrogens (tertiary/aromatic N) is 2. The molecule has 1 N–H and O–H groups in total. The molecule has 0 bridgehead atoms. The summed E-state index contributed by atoms with van der Waals surface area (Å²) in [7, 11) is 0. The van der Waals surface area contributed by atoms with Crippen molar-refractivity contribution >= 4 is 0 Å². The van der Waals surface area contributed by atoms with E-state index in [4.69, 9.17) is 4.74 Å². The quantitative estimate of drug-likeness (QED) is 0.908. The second-order valence-corrected chi connectivity index (χ2v) is 5.09. The first-order valence-electron chi connectivity index (χ1n) is 7.33. The lowest BCUT2D eigenvalue weighted by atomic mass is 9.98. The van der Waals surface area contributed by atoms with Crippen LogP contribution in [0.5, 0.6) is 5.75 Å². The van der Waals surface area contributed by atoms with Gasteiger partial charge in [-0.05, 0) is 30.7 Å². The average molecular weight is 271 g/mol. The van der Waals surface area contributed by atoms with Crippen molar-refractivity contribution in [2.24, 2.45) is 0 Å². The van der Waals surface area contributed by atoms with Gasteiger partial charge in [0.15, 0.2) is 0 Å². The molecular formula is C16H21N3O. The largest absolute Gasteiger partial charge is 0.493 e. The van der Waals surface area contributed by atoms with E-state index >= 15 is 0 Å². The number of ether oxygens (including phenoxy) is 1. The molecule has 1 atom stereocenters. The van der Waals surface area contributed by atoms with Crippen molar-refractivity contribution in [2.75, 3.05) is 13.2 Å². The number of aryl methyl sites for hydroxylation is 1. The molecule has 1 unspecified atom stereocenters. The van der Waals surface area contributed by atoms with E-state index in [9.17, 15) is 0 Å². The van der Waals surface area contributed by atoms with Crippen LogP contribution in [0.1, 0.15) is 36.6 Å². The van der Waals surface area contributed by atoms with Gasteiger partial charge in [0.1, 0.15) is 5.75 Å². The first-order chi connectivity index (χ1) is 9.81. The number of nitrogens with one attached hydrogen (secondary N) is 1. The maximum absolute atomic E-state index is 5.58. The number of hydrogen-bond acceptors (Lipinski definition) is 3. The van der Waals surface area contributed by atoms with Crippen LogP contribution in [0.3, 0.4) is 0 Å². The van der Waals surface area contributed by atoms with Gasteiger partial charge in [0, 0.05) is 24.7 Å². The molecule has 4 heteroatoms. The van der Waals surface area contributed by atoms with Crippen molar-refractivity contribution in [3.63, 3.8) is 0 Å². The first kappa shape index (κ1) is 13.2. The van der Waals surface area contributed by atoms with E-state index in [0.717, 1.165) is 31.9 Å². The Bertz CT molecular complexity index is 591. The molecule has 0 aliphatic carbocycles. The van der Waals surface area contributed by atoms with Gasteiger partial charge in [0.25, 0.3) is 0 Å². The predicted molar refractivity (Wildman–Crippen MR) is 79.1 cm³/mol. The Balaban J connectivity index is 1.93. The standard InChI is InChI=1S/C16H21N3O/c1-3-17-16(14-10-18-19(4-2)11-14)13-5-6-15-12(9-13)7-8-20-15/h5-6,9-11,16-17H,3-4,7-8H2,1-2H3. The SMILES string of the molecule is CCNC(c1ccc2c(c1)CCO2)c1cnn(CC)c1. The lowest BCUT2D eigenvalue weighted by Gasteiger charge is -2.17. The van der Waals surface area contributed by atoms with Crippen molar-refractivity contribution in [1.82, 2.24) is 15.1 Å². The third-order valence-electron chi connectivity index (χ3n) is 3.77. The van der Waals surface area contributed by atoms with Crippen LogP contribution < -0.4 is 10.1 Å². The molecule has 20 heavy (non-hydrogen) atoms. The Morgan fingerprint density at radius 3 is 3.00 bits per heavy atom. The highest BCUT2D eigenvalue weighted by atomic mass is 16.5. The molecule has 0 amide bonds. The van der Waals surface area contributed by atoms with E-state index in [1.807, 2.05) is 10.9 Å². The minimum absolute atomic E-state index is 0.200. The monoisotopic (exact) mass is 271 g/mol. The summed E-state index contributed by atoms with van der Waals surface area (Å²) < 4.78 is 7.55. The summed E-state index contributed by atoms with van der Waals surface area (Å²) >= 11 is 0. The van der Waals surface area contributed by atoms with Gasteiger partial charge >= 0.3 is 0 Å². The number of aromatic nitrogens is 2. The van der Waals surface area contributed by atoms with Gasteiger partial charge in [0.2, 0.25) is 0 Å². The number of hydrogen-bond donors (Lipinski definition) is 1. The van der Waals surface area contributed by atoms with Crippen molar-refractivity contribution < 1.29 is 4.74 Å². The lowest BCUT2D eigenvalue weighted by molar-refractivity contribution is 0.357. The molecule has 2 heterocycles. The topological polar surface area (TPSA) is 39.1 Å². The van der Waals surface area contributed by atoms with Crippen molar-refractivity contribution in [2.45, 2.75) is 32.9 Å². The Morgan fingerprint density at radius 1 is 1.35 bits per heavy atom. The van der Waals surface area contributed by atoms with E-state index in [1.54, 1.807) is 0 Å². The molecule has 1 aliphatic rings. The number of rotatable bonds is 5. The normalized spacial score (nSPS) is 14.9. The van der Waals surface area contributed by atoms with Gasteiger partial charge in [0.05, 0.1) is 18.8 Å². The summed E-state index contributed by atoms with van der Waals surface area (Å²) in [6.45, 7) is 6.87. The zero-order valence-corrected chi connectivity index (χ0v) is 12.1. The van der Waals surface area contributed by atoms with Crippen LogP contribution in [0.4, 0.5) is 0 Å². The highest BCUT2D eigenvalue weighted by Gasteiger charge is 2.18. The summed E-state index contributed by atoms with van der Waals surface area (Å²) in [6.07, 6.45) is 5.09. The molecule has 1 aromatic carbocycles. The minimum atomic E-state index is 0.200. The molecule has 4 nitrogen and oxygen atoms in total. The second kappa shape index (κ2) is 5.67. The zero-order valence-electron chi connectivity index (χ0n) is 12.1. The fourth-order valence-electron chi connectivity index (χ4n) is 2.72. The van der Waals surface area contributed by atoms with Crippen LogP contribution in [0.15, 0.2) is 30.6 Å². The Labute approximate surface area is 119 Å². The van der Waals surface area contributed by atoms with Gasteiger partial charge in [-0.15, -0.1) is 0 Å². The summed E-state index contributed by atoms with van der Waals surface area (Å²) in [4.78, 5) is 0. The highest BCUT2D eigenvalue weighted by molar-refractivity contribution is 5.42. The summed E-state index contributed by atoms with van der Waals surface area (Å²) in [6, 6.07) is 6.71. The van der Waals surface area contributed by atoms with E-state index in [1.165, 1.54) is 16.7 Å². The summed E-state index contributed by atoms with van der Waals surface area (Å²) in [5, 5.41) is 7.94. The molecule has 0 spiro atoms. The number of benzene rings is 1. The molecule has 2 aromatic rings. The third kappa shape index (κ3) is 2.43. The third-order valence-corrected chi connectivity index (χ3v) is 3.77. The molecule has 3 rings (SSSR count). The molecular weight excluding hydrogens is 250 g/mol. The Hall–Kier alpha value is -1.81. The molecule has 0 saturated carbocycles. The number of fused-ring (bicyclic) bond motifs is 1. The van der Waals surface area contributed by atoms with Crippen molar-refractivity contribution in [3.05, 3.63) is 47.3 Å². The van der Waals surface area contributed by atoms with E-state index in [-0.39, 0.29) is 6.04 Å². The second-order valence-electron chi connectivity index (χ2n) is 5.09. The Morgan fingerprint density at radius 2 is 2.25 bits per heavy atom. The lowest BCUT2D eigenvalue weighted by Crippen LogP contribution is -2.21. The maximum Gasteiger partial charge on any atom is 0.122 e. The van der Waals surface area contributed by atoms with E-state index in [0.29, 0.717) is 0 Å². The molecule has 0 saturated heterocycles. The van der Waals surface area contributed by atoms with Crippen LogP contribution in [-0.4, -0.2) is 22.9 Å². The molecule has 0 radical (unpaired) electrons. The fourth-order valence-corrected chi connectivity index (χ4v) is 2.72. The maximum atomic E-state index is 5.58. The van der Waals surface area contributed by atoms with Gasteiger partial charge in [-0.2, -0.15) is 5.10 Å². The van der Waals surface area contributed by atoms with Crippen LogP contribution in [-0.2, 0) is 13.0 Å². The molecule has 106 valence electrons. The minimum Gasteiger partial charge on any atom is -0.493 e. The van der Waals surface area contributed by atoms with Gasteiger partial charge in [-0.3, -0.25) is 4.68 Å². The van der Waals surface area contributed by atoms with E-state index in [2.05, 4.69) is 48.7 Å². The van der Waals surface area contributed by atoms with Crippen molar-refractivity contribution in [1.29, 1.82) is 0 Å². The summed E-state index contributed by atoms with van der Waals surface area (Å²) in [5.41, 5.74) is 3.81. The molecule has 1 aromatic heterocycles. The highest BCUT2D eigenvalue weighted by Crippen LogP contribution is 2.30. The smallest absolute Gasteiger partial charge is 0.122 e.